The van der Waals surface area contributed by atoms with Gasteiger partial charge in [0.05, 0.1) is 24.7 Å². The Kier molecular flexibility index (Phi) is 6.37. The molecular formula is C13H11ClF3NO2S. The minimum atomic E-state index is -4.48. The van der Waals surface area contributed by atoms with Crippen molar-refractivity contribution in [3.63, 3.8) is 0 Å². The van der Waals surface area contributed by atoms with E-state index in [9.17, 15) is 18.0 Å². The summed E-state index contributed by atoms with van der Waals surface area (Å²) in [5.41, 5.74) is -4.11. The Morgan fingerprint density at radius 1 is 1.48 bits per heavy atom. The highest BCUT2D eigenvalue weighted by Gasteiger charge is 2.31. The van der Waals surface area contributed by atoms with Crippen LogP contribution in [0.25, 0.3) is 0 Å². The Hall–Kier alpha value is -1.39. The minimum Gasteiger partial charge on any atom is -0.466 e. The maximum Gasteiger partial charge on any atom is 0.446 e. The second-order valence-corrected chi connectivity index (χ2v) is 5.23. The minimum absolute atomic E-state index is 0.00713. The summed E-state index contributed by atoms with van der Waals surface area (Å²) in [6.07, 6.45) is -0.183. The summed E-state index contributed by atoms with van der Waals surface area (Å²) >= 11 is 5.33. The molecule has 0 spiro atoms. The molecule has 1 aromatic rings. The number of carbonyl (C=O) groups excluding carboxylic acids is 1. The molecule has 0 radical (unpaired) electrons. The van der Waals surface area contributed by atoms with Crippen LogP contribution in [0.3, 0.4) is 0 Å². The number of alkyl halides is 4. The number of nitrogens with zero attached hydrogens (tertiary/aromatic N) is 1. The first-order valence-corrected chi connectivity index (χ1v) is 7.19. The van der Waals surface area contributed by atoms with Crippen LogP contribution in [0.4, 0.5) is 13.2 Å². The molecule has 21 heavy (non-hydrogen) atoms. The van der Waals surface area contributed by atoms with E-state index in [1.807, 2.05) is 6.07 Å². The fourth-order valence-corrected chi connectivity index (χ4v) is 2.72. The average Bonchev–Trinajstić information content (AvgIpc) is 2.38. The van der Waals surface area contributed by atoms with Crippen molar-refractivity contribution in [2.45, 2.75) is 29.6 Å². The smallest absolute Gasteiger partial charge is 0.446 e. The molecule has 0 aliphatic heterocycles. The lowest BCUT2D eigenvalue weighted by molar-refractivity contribution is -0.142. The second kappa shape index (κ2) is 7.57. The lowest BCUT2D eigenvalue weighted by Gasteiger charge is -2.13. The Morgan fingerprint density at radius 3 is 2.62 bits per heavy atom. The van der Waals surface area contributed by atoms with Gasteiger partial charge in [-0.1, -0.05) is 6.07 Å². The monoisotopic (exact) mass is 337 g/mol. The third-order valence-corrected chi connectivity index (χ3v) is 3.57. The molecular weight excluding hydrogens is 327 g/mol. The Morgan fingerprint density at radius 2 is 2.14 bits per heavy atom. The maximum atomic E-state index is 12.5. The average molecular weight is 338 g/mol. The number of halogens is 4. The molecule has 0 atom stereocenters. The van der Waals surface area contributed by atoms with Crippen LogP contribution in [0.5, 0.6) is 0 Å². The van der Waals surface area contributed by atoms with E-state index >= 15 is 0 Å². The highest BCUT2D eigenvalue weighted by molar-refractivity contribution is 8.00. The predicted octanol–water partition coefficient (Wildman–Crippen LogP) is 4.01. The van der Waals surface area contributed by atoms with E-state index in [0.29, 0.717) is 5.56 Å². The van der Waals surface area contributed by atoms with Crippen LogP contribution in [0, 0.1) is 11.3 Å². The van der Waals surface area contributed by atoms with Crippen molar-refractivity contribution >= 4 is 29.3 Å². The molecule has 8 heteroatoms. The van der Waals surface area contributed by atoms with Gasteiger partial charge in [0.2, 0.25) is 0 Å². The molecule has 0 amide bonds. The quantitative estimate of drug-likeness (QED) is 0.462. The van der Waals surface area contributed by atoms with Crippen molar-refractivity contribution in [2.75, 3.05) is 6.61 Å². The number of esters is 1. The number of hydrogen-bond acceptors (Lipinski definition) is 4. The zero-order chi connectivity index (χ0) is 16.0. The van der Waals surface area contributed by atoms with E-state index in [-0.39, 0.29) is 46.7 Å². The Labute approximate surface area is 129 Å². The van der Waals surface area contributed by atoms with Gasteiger partial charge in [0.25, 0.3) is 0 Å². The van der Waals surface area contributed by atoms with Crippen molar-refractivity contribution in [1.29, 1.82) is 5.26 Å². The van der Waals surface area contributed by atoms with E-state index in [2.05, 4.69) is 0 Å². The van der Waals surface area contributed by atoms with E-state index in [4.69, 9.17) is 21.6 Å². The molecule has 0 fully saturated rings. The summed E-state index contributed by atoms with van der Waals surface area (Å²) in [4.78, 5) is 11.3. The summed E-state index contributed by atoms with van der Waals surface area (Å²) in [5.74, 6) is -0.802. The molecule has 0 heterocycles. The van der Waals surface area contributed by atoms with Crippen LogP contribution < -0.4 is 0 Å². The van der Waals surface area contributed by atoms with Crippen molar-refractivity contribution in [2.24, 2.45) is 0 Å². The molecule has 0 bridgehead atoms. The zero-order valence-corrected chi connectivity index (χ0v) is 12.5. The molecule has 0 aliphatic carbocycles. The second-order valence-electron chi connectivity index (χ2n) is 3.85. The number of carbonyl (C=O) groups is 1. The lowest BCUT2D eigenvalue weighted by atomic mass is 10.0. The predicted molar refractivity (Wildman–Crippen MR) is 73.0 cm³/mol. The van der Waals surface area contributed by atoms with Crippen molar-refractivity contribution < 1.29 is 22.7 Å². The Bertz CT molecular complexity index is 570. The largest absolute Gasteiger partial charge is 0.466 e. The molecule has 114 valence electrons. The third-order valence-electron chi connectivity index (χ3n) is 2.47. The molecule has 0 saturated heterocycles. The summed E-state index contributed by atoms with van der Waals surface area (Å²) in [6.45, 7) is 1.82. The van der Waals surface area contributed by atoms with Gasteiger partial charge in [0, 0.05) is 10.8 Å². The van der Waals surface area contributed by atoms with Crippen LogP contribution in [0.1, 0.15) is 23.6 Å². The Balaban J connectivity index is 3.20. The molecule has 0 unspecified atom stereocenters. The molecule has 0 N–H and O–H groups in total. The summed E-state index contributed by atoms with van der Waals surface area (Å²) in [7, 11) is 0. The number of hydrogen-bond donors (Lipinski definition) is 0. The fourth-order valence-electron chi connectivity index (χ4n) is 1.68. The van der Waals surface area contributed by atoms with Crippen molar-refractivity contribution in [3.8, 4) is 6.07 Å². The van der Waals surface area contributed by atoms with Gasteiger partial charge in [-0.25, -0.2) is 0 Å². The lowest BCUT2D eigenvalue weighted by Crippen LogP contribution is -2.10. The van der Waals surface area contributed by atoms with Gasteiger partial charge in [-0.3, -0.25) is 4.79 Å². The highest BCUT2D eigenvalue weighted by atomic mass is 35.5. The van der Waals surface area contributed by atoms with Crippen LogP contribution in [-0.2, 0) is 21.8 Å². The number of ether oxygens (including phenoxy) is 1. The molecule has 1 rings (SSSR count). The number of nitriles is 1. The number of benzene rings is 1. The molecule has 1 aromatic carbocycles. The first kappa shape index (κ1) is 17.7. The number of rotatable bonds is 5. The van der Waals surface area contributed by atoms with Crippen LogP contribution in [-0.4, -0.2) is 18.1 Å². The van der Waals surface area contributed by atoms with Crippen LogP contribution >= 0.6 is 23.4 Å². The number of thioether (sulfide) groups is 1. The van der Waals surface area contributed by atoms with E-state index in [0.717, 1.165) is 0 Å². The van der Waals surface area contributed by atoms with Crippen LogP contribution in [0.15, 0.2) is 17.0 Å². The van der Waals surface area contributed by atoms with E-state index in [1.165, 1.54) is 12.1 Å². The fraction of sp³-hybridized carbons (Fsp3) is 0.385. The molecule has 0 aliphatic rings. The molecule has 0 aromatic heterocycles. The first-order valence-electron chi connectivity index (χ1n) is 5.84. The zero-order valence-electron chi connectivity index (χ0n) is 11.0. The van der Waals surface area contributed by atoms with E-state index in [1.54, 1.807) is 6.92 Å². The molecule has 3 nitrogen and oxygen atoms in total. The highest BCUT2D eigenvalue weighted by Crippen LogP contribution is 2.40. The summed E-state index contributed by atoms with van der Waals surface area (Å²) < 4.78 is 42.2. The topological polar surface area (TPSA) is 50.1 Å². The SMILES string of the molecule is CCOC(=O)Cc1ccc(SC(F)(F)F)c(CCl)c1C#N. The van der Waals surface area contributed by atoms with E-state index < -0.39 is 11.5 Å². The van der Waals surface area contributed by atoms with Gasteiger partial charge >= 0.3 is 11.5 Å². The third kappa shape index (κ3) is 5.14. The van der Waals surface area contributed by atoms with Gasteiger partial charge in [0.1, 0.15) is 0 Å². The molecule has 0 saturated carbocycles. The summed E-state index contributed by atoms with van der Waals surface area (Å²) in [6, 6.07) is 4.35. The summed E-state index contributed by atoms with van der Waals surface area (Å²) in [5, 5.41) is 9.14. The van der Waals surface area contributed by atoms with Gasteiger partial charge in [-0.15, -0.1) is 11.6 Å². The van der Waals surface area contributed by atoms with Gasteiger partial charge in [-0.05, 0) is 35.9 Å². The van der Waals surface area contributed by atoms with Crippen LogP contribution in [0.2, 0.25) is 0 Å². The van der Waals surface area contributed by atoms with Gasteiger partial charge in [0.15, 0.2) is 0 Å². The first-order chi connectivity index (χ1) is 9.82. The van der Waals surface area contributed by atoms with Gasteiger partial charge in [-0.2, -0.15) is 18.4 Å². The normalized spacial score (nSPS) is 11.0. The van der Waals surface area contributed by atoms with Crippen molar-refractivity contribution in [3.05, 3.63) is 28.8 Å². The maximum absolute atomic E-state index is 12.5. The standard InChI is InChI=1S/C13H11ClF3NO2S/c1-2-20-12(19)5-8-3-4-11(21-13(15,16)17)9(6-14)10(8)7-18/h3-4H,2,5-6H2,1H3. The van der Waals surface area contributed by atoms with Crippen molar-refractivity contribution in [1.82, 2.24) is 0 Å². The van der Waals surface area contributed by atoms with Gasteiger partial charge < -0.3 is 4.74 Å².